The highest BCUT2D eigenvalue weighted by Gasteiger charge is 2.43. The molecule has 0 saturated carbocycles. The molecule has 1 amide bonds. The van der Waals surface area contributed by atoms with E-state index in [0.29, 0.717) is 13.0 Å². The number of ether oxygens (including phenoxy) is 1. The average molecular weight is 352 g/mol. The van der Waals surface area contributed by atoms with E-state index in [1.807, 2.05) is 45.0 Å². The smallest absolute Gasteiger partial charge is 0.410 e. The molecule has 1 aromatic heterocycles. The maximum atomic E-state index is 12.7. The number of hydrogen-bond acceptors (Lipinski definition) is 3. The first-order chi connectivity index (χ1) is 12.2. The molecule has 0 spiro atoms. The highest BCUT2D eigenvalue weighted by Crippen LogP contribution is 2.36. The number of nitrogens with zero attached hydrogens (tertiary/aromatic N) is 1. The van der Waals surface area contributed by atoms with E-state index in [-0.39, 0.29) is 12.3 Å². The van der Waals surface area contributed by atoms with Crippen molar-refractivity contribution in [2.45, 2.75) is 45.1 Å². The number of amides is 1. The zero-order valence-corrected chi connectivity index (χ0v) is 15.7. The Hall–Kier alpha value is -2.74. The molecule has 1 atom stereocenters. The standard InChI is InChI=1S/C21H24N2O3/c1-6-17(24)21(5)13-23(19(25)26-20(2,3)4)12-11-15-14-9-7-8-10-16(14)22-18(15)21/h1,7-10,22H,11-13H2,2-5H3/t21-/m0/s1. The third kappa shape index (κ3) is 3.08. The second kappa shape index (κ2) is 6.21. The molecule has 0 unspecified atom stereocenters. The first-order valence-corrected chi connectivity index (χ1v) is 8.75. The lowest BCUT2D eigenvalue weighted by Crippen LogP contribution is -2.47. The summed E-state index contributed by atoms with van der Waals surface area (Å²) in [6, 6.07) is 7.92. The van der Waals surface area contributed by atoms with Gasteiger partial charge in [0.2, 0.25) is 5.78 Å². The Labute approximate surface area is 153 Å². The van der Waals surface area contributed by atoms with Crippen LogP contribution >= 0.6 is 0 Å². The second-order valence-electron chi connectivity index (χ2n) is 7.98. The van der Waals surface area contributed by atoms with E-state index in [9.17, 15) is 9.59 Å². The van der Waals surface area contributed by atoms with Crippen molar-refractivity contribution in [1.29, 1.82) is 0 Å². The predicted molar refractivity (Wildman–Crippen MR) is 101 cm³/mol. The first-order valence-electron chi connectivity index (χ1n) is 8.75. The highest BCUT2D eigenvalue weighted by atomic mass is 16.6. The van der Waals surface area contributed by atoms with E-state index in [4.69, 9.17) is 11.2 Å². The first kappa shape index (κ1) is 18.1. The van der Waals surface area contributed by atoms with Crippen molar-refractivity contribution < 1.29 is 14.3 Å². The van der Waals surface area contributed by atoms with Crippen molar-refractivity contribution in [1.82, 2.24) is 9.88 Å². The lowest BCUT2D eigenvalue weighted by molar-refractivity contribution is -0.119. The number of para-hydroxylation sites is 1. The summed E-state index contributed by atoms with van der Waals surface area (Å²) in [6.07, 6.45) is 5.67. The minimum Gasteiger partial charge on any atom is -0.444 e. The highest BCUT2D eigenvalue weighted by molar-refractivity contribution is 6.04. The molecular formula is C21H24N2O3. The van der Waals surface area contributed by atoms with E-state index >= 15 is 0 Å². The SMILES string of the molecule is C#CC(=O)[C@]1(C)CN(C(=O)OC(C)(C)C)CCc2c1[nH]c1ccccc21. The van der Waals surface area contributed by atoms with Gasteiger partial charge in [-0.25, -0.2) is 4.79 Å². The molecule has 26 heavy (non-hydrogen) atoms. The molecule has 2 aromatic rings. The maximum Gasteiger partial charge on any atom is 0.410 e. The van der Waals surface area contributed by atoms with Crippen molar-refractivity contribution in [3.8, 4) is 12.3 Å². The number of aromatic nitrogens is 1. The monoisotopic (exact) mass is 352 g/mol. The number of hydrogen-bond donors (Lipinski definition) is 1. The van der Waals surface area contributed by atoms with Crippen LogP contribution < -0.4 is 0 Å². The number of Topliss-reactive ketones (excluding diaryl/α,β-unsaturated/α-hetero) is 1. The second-order valence-corrected chi connectivity index (χ2v) is 7.98. The van der Waals surface area contributed by atoms with Gasteiger partial charge in [0.05, 0.1) is 5.41 Å². The van der Waals surface area contributed by atoms with Crippen molar-refractivity contribution in [2.24, 2.45) is 0 Å². The molecular weight excluding hydrogens is 328 g/mol. The average Bonchev–Trinajstić information content (AvgIpc) is 2.88. The van der Waals surface area contributed by atoms with Gasteiger partial charge in [-0.05, 0) is 51.7 Å². The van der Waals surface area contributed by atoms with E-state index in [1.165, 1.54) is 0 Å². The largest absolute Gasteiger partial charge is 0.444 e. The van der Waals surface area contributed by atoms with Gasteiger partial charge < -0.3 is 14.6 Å². The Morgan fingerprint density at radius 1 is 1.31 bits per heavy atom. The summed E-state index contributed by atoms with van der Waals surface area (Å²) in [6.45, 7) is 7.92. The van der Waals surface area contributed by atoms with Crippen LogP contribution in [0.4, 0.5) is 4.79 Å². The number of rotatable bonds is 1. The number of benzene rings is 1. The Kier molecular flexibility index (Phi) is 4.31. The topological polar surface area (TPSA) is 62.4 Å². The van der Waals surface area contributed by atoms with Crippen molar-refractivity contribution >= 4 is 22.8 Å². The Morgan fingerprint density at radius 3 is 2.65 bits per heavy atom. The van der Waals surface area contributed by atoms with Gasteiger partial charge in [-0.3, -0.25) is 4.79 Å². The number of fused-ring (bicyclic) bond motifs is 3. The number of nitrogens with one attached hydrogen (secondary N) is 1. The zero-order valence-electron chi connectivity index (χ0n) is 15.7. The third-order valence-corrected chi connectivity index (χ3v) is 4.79. The summed E-state index contributed by atoms with van der Waals surface area (Å²) in [5, 5.41) is 1.06. The molecule has 1 N–H and O–H groups in total. The van der Waals surface area contributed by atoms with Crippen LogP contribution in [0.25, 0.3) is 10.9 Å². The molecule has 0 saturated heterocycles. The molecule has 1 aliphatic heterocycles. The van der Waals surface area contributed by atoms with E-state index in [1.54, 1.807) is 11.8 Å². The van der Waals surface area contributed by atoms with Gasteiger partial charge >= 0.3 is 6.09 Å². The molecule has 2 heterocycles. The molecule has 5 heteroatoms. The minimum atomic E-state index is -1.00. The van der Waals surface area contributed by atoms with Crippen LogP contribution in [0.15, 0.2) is 24.3 Å². The number of terminal acetylenes is 1. The van der Waals surface area contributed by atoms with E-state index in [0.717, 1.165) is 22.2 Å². The molecule has 0 fully saturated rings. The molecule has 0 bridgehead atoms. The predicted octanol–water partition coefficient (Wildman–Crippen LogP) is 3.42. The van der Waals surface area contributed by atoms with Gasteiger partial charge in [-0.1, -0.05) is 18.2 Å². The molecule has 5 nitrogen and oxygen atoms in total. The van der Waals surface area contributed by atoms with Gasteiger partial charge in [0, 0.05) is 29.7 Å². The quantitative estimate of drug-likeness (QED) is 0.632. The fraction of sp³-hybridized carbons (Fsp3) is 0.429. The van der Waals surface area contributed by atoms with Crippen LogP contribution in [0.3, 0.4) is 0 Å². The number of carbonyl (C=O) groups is 2. The summed E-state index contributed by atoms with van der Waals surface area (Å²) < 4.78 is 5.52. The molecule has 3 rings (SSSR count). The summed E-state index contributed by atoms with van der Waals surface area (Å²) in [5.41, 5.74) is 1.21. The summed E-state index contributed by atoms with van der Waals surface area (Å²) in [7, 11) is 0. The molecule has 1 aliphatic rings. The van der Waals surface area contributed by atoms with Crippen molar-refractivity contribution in [3.05, 3.63) is 35.5 Å². The number of carbonyl (C=O) groups excluding carboxylic acids is 2. The Bertz CT molecular complexity index is 913. The summed E-state index contributed by atoms with van der Waals surface area (Å²) >= 11 is 0. The van der Waals surface area contributed by atoms with Crippen LogP contribution in [-0.2, 0) is 21.4 Å². The fourth-order valence-electron chi connectivity index (χ4n) is 3.54. The summed E-state index contributed by atoms with van der Waals surface area (Å²) in [5.74, 6) is 1.91. The number of H-pyrrole nitrogens is 1. The fourth-order valence-corrected chi connectivity index (χ4v) is 3.54. The zero-order chi connectivity index (χ0) is 19.1. The third-order valence-electron chi connectivity index (χ3n) is 4.79. The van der Waals surface area contributed by atoms with Crippen molar-refractivity contribution in [3.63, 3.8) is 0 Å². The van der Waals surface area contributed by atoms with Crippen LogP contribution in [0.5, 0.6) is 0 Å². The molecule has 136 valence electrons. The lowest BCUT2D eigenvalue weighted by atomic mass is 9.80. The molecule has 0 radical (unpaired) electrons. The summed E-state index contributed by atoms with van der Waals surface area (Å²) in [4.78, 5) is 30.3. The minimum absolute atomic E-state index is 0.185. The lowest BCUT2D eigenvalue weighted by Gasteiger charge is -2.32. The number of aromatic amines is 1. The van der Waals surface area contributed by atoms with Gasteiger partial charge in [-0.2, -0.15) is 0 Å². The molecule has 1 aromatic carbocycles. The van der Waals surface area contributed by atoms with Crippen LogP contribution in [0, 0.1) is 12.3 Å². The normalized spacial score (nSPS) is 20.2. The van der Waals surface area contributed by atoms with Crippen molar-refractivity contribution in [2.75, 3.05) is 13.1 Å². The van der Waals surface area contributed by atoms with Gasteiger partial charge in [0.25, 0.3) is 0 Å². The maximum absolute atomic E-state index is 12.7. The van der Waals surface area contributed by atoms with E-state index in [2.05, 4.69) is 10.9 Å². The van der Waals surface area contributed by atoms with Crippen LogP contribution in [-0.4, -0.2) is 40.5 Å². The van der Waals surface area contributed by atoms with Gasteiger partial charge in [0.15, 0.2) is 0 Å². The molecule has 0 aliphatic carbocycles. The Morgan fingerprint density at radius 2 is 2.00 bits per heavy atom. The Balaban J connectivity index is 2.08. The van der Waals surface area contributed by atoms with Crippen LogP contribution in [0.1, 0.15) is 39.0 Å². The van der Waals surface area contributed by atoms with Gasteiger partial charge in [0.1, 0.15) is 5.60 Å². The van der Waals surface area contributed by atoms with Crippen LogP contribution in [0.2, 0.25) is 0 Å². The van der Waals surface area contributed by atoms with E-state index < -0.39 is 17.1 Å². The number of ketones is 1. The van der Waals surface area contributed by atoms with Gasteiger partial charge in [-0.15, -0.1) is 6.42 Å².